The zero-order chi connectivity index (χ0) is 18.1. The van der Waals surface area contributed by atoms with Gasteiger partial charge in [0.2, 0.25) is 0 Å². The largest absolute Gasteiger partial charge is 0.397 e. The number of nitrogen functional groups attached to an aromatic ring is 1. The molecule has 2 aliphatic heterocycles. The fourth-order valence-electron chi connectivity index (χ4n) is 3.14. The van der Waals surface area contributed by atoms with Gasteiger partial charge in [0.15, 0.2) is 5.78 Å². The molecule has 26 heavy (non-hydrogen) atoms. The summed E-state index contributed by atoms with van der Waals surface area (Å²) in [4.78, 5) is 36.6. The van der Waals surface area contributed by atoms with E-state index in [-0.39, 0.29) is 24.8 Å². The number of para-hydroxylation sites is 2. The monoisotopic (exact) mass is 347 g/mol. The Balaban J connectivity index is 1.73. The molecule has 2 amide bonds. The first-order valence-electron chi connectivity index (χ1n) is 8.26. The molecule has 7 heteroatoms. The maximum atomic E-state index is 13.2. The molecule has 1 aromatic heterocycles. The third-order valence-corrected chi connectivity index (χ3v) is 4.35. The average molecular weight is 347 g/mol. The van der Waals surface area contributed by atoms with Gasteiger partial charge in [0.05, 0.1) is 30.9 Å². The minimum absolute atomic E-state index is 0.00862. The quantitative estimate of drug-likeness (QED) is 0.864. The van der Waals surface area contributed by atoms with Crippen LogP contribution in [0, 0.1) is 0 Å². The van der Waals surface area contributed by atoms with Crippen LogP contribution in [0.3, 0.4) is 0 Å². The molecular formula is C19H17N5O2. The summed E-state index contributed by atoms with van der Waals surface area (Å²) in [6.45, 7) is 0.689. The van der Waals surface area contributed by atoms with E-state index >= 15 is 0 Å². The van der Waals surface area contributed by atoms with Crippen LogP contribution in [-0.4, -0.2) is 34.0 Å². The molecule has 130 valence electrons. The van der Waals surface area contributed by atoms with E-state index in [1.807, 2.05) is 24.3 Å². The van der Waals surface area contributed by atoms with Gasteiger partial charge in [0.1, 0.15) is 5.82 Å². The number of hydrogen-bond acceptors (Lipinski definition) is 5. The normalized spacial score (nSPS) is 16.5. The van der Waals surface area contributed by atoms with Crippen molar-refractivity contribution in [3.05, 3.63) is 60.4 Å². The lowest BCUT2D eigenvalue weighted by Crippen LogP contribution is -2.47. The second-order valence-corrected chi connectivity index (χ2v) is 6.17. The van der Waals surface area contributed by atoms with Gasteiger partial charge in [0, 0.05) is 23.7 Å². The summed E-state index contributed by atoms with van der Waals surface area (Å²) in [5.41, 5.74) is 8.76. The van der Waals surface area contributed by atoms with Gasteiger partial charge in [0.25, 0.3) is 0 Å². The van der Waals surface area contributed by atoms with Crippen LogP contribution in [0.4, 0.5) is 22.0 Å². The van der Waals surface area contributed by atoms with E-state index in [1.165, 1.54) is 17.2 Å². The Morgan fingerprint density at radius 3 is 2.77 bits per heavy atom. The number of allylic oxidation sites excluding steroid dienone is 1. The van der Waals surface area contributed by atoms with E-state index in [0.717, 1.165) is 5.56 Å². The Morgan fingerprint density at radius 1 is 1.12 bits per heavy atom. The number of amides is 2. The molecule has 1 aromatic carbocycles. The topological polar surface area (TPSA) is 91.9 Å². The van der Waals surface area contributed by atoms with Crippen LogP contribution in [0.5, 0.6) is 0 Å². The summed E-state index contributed by atoms with van der Waals surface area (Å²) >= 11 is 0. The first kappa shape index (κ1) is 16.0. The number of hydrogen-bond donors (Lipinski definition) is 1. The number of nitrogens with two attached hydrogens (primary N) is 1. The number of benzene rings is 1. The lowest BCUT2D eigenvalue weighted by atomic mass is 10.1. The Labute approximate surface area is 150 Å². The summed E-state index contributed by atoms with van der Waals surface area (Å²) in [6.07, 6.45) is 4.81. The highest BCUT2D eigenvalue weighted by Gasteiger charge is 2.34. The minimum atomic E-state index is -0.237. The van der Waals surface area contributed by atoms with Gasteiger partial charge in [-0.05, 0) is 24.3 Å². The van der Waals surface area contributed by atoms with Crippen LogP contribution in [0.2, 0.25) is 0 Å². The van der Waals surface area contributed by atoms with Crippen LogP contribution < -0.4 is 10.6 Å². The van der Waals surface area contributed by atoms with Gasteiger partial charge in [-0.1, -0.05) is 18.2 Å². The molecule has 0 bridgehead atoms. The Morgan fingerprint density at radius 2 is 1.96 bits per heavy atom. The number of carbonyl (C=O) groups excluding carboxylic acids is 2. The lowest BCUT2D eigenvalue weighted by Gasteiger charge is -2.36. The fraction of sp³-hybridized carbons (Fsp3) is 0.158. The average Bonchev–Trinajstić information content (AvgIpc) is 2.64. The number of rotatable bonds is 3. The van der Waals surface area contributed by atoms with Crippen LogP contribution in [-0.2, 0) is 11.3 Å². The molecular weight excluding hydrogens is 330 g/mol. The van der Waals surface area contributed by atoms with E-state index < -0.39 is 0 Å². The molecule has 0 atom stereocenters. The van der Waals surface area contributed by atoms with Crippen molar-refractivity contribution in [2.45, 2.75) is 13.0 Å². The van der Waals surface area contributed by atoms with Crippen LogP contribution in [0.1, 0.15) is 12.0 Å². The standard InChI is InChI=1S/C19H17N5O2/c20-16-5-1-2-6-17(16)24-18-13(4-3-8-22-18)11-23(19(24)26)12-14-10-15(25)7-9-21-14/h1-9H,10-12,20H2. The van der Waals surface area contributed by atoms with Crippen LogP contribution in [0.25, 0.3) is 0 Å². The van der Waals surface area contributed by atoms with Crippen molar-refractivity contribution in [3.8, 4) is 0 Å². The summed E-state index contributed by atoms with van der Waals surface area (Å²) in [7, 11) is 0. The van der Waals surface area contributed by atoms with E-state index in [9.17, 15) is 9.59 Å². The third-order valence-electron chi connectivity index (χ3n) is 4.35. The number of carbonyl (C=O) groups is 2. The zero-order valence-electron chi connectivity index (χ0n) is 14.0. The number of fused-ring (bicyclic) bond motifs is 1. The number of pyridine rings is 1. The van der Waals surface area contributed by atoms with Crippen molar-refractivity contribution in [3.63, 3.8) is 0 Å². The Hall–Kier alpha value is -3.48. The third kappa shape index (κ3) is 2.83. The highest BCUT2D eigenvalue weighted by atomic mass is 16.2. The molecule has 2 N–H and O–H groups in total. The molecule has 3 heterocycles. The molecule has 2 aliphatic rings. The summed E-state index contributed by atoms with van der Waals surface area (Å²) < 4.78 is 0. The SMILES string of the molecule is Nc1ccccc1N1C(=O)N(CC2=NC=CC(=O)C2)Cc2cccnc21. The molecule has 0 saturated carbocycles. The molecule has 0 saturated heterocycles. The predicted molar refractivity (Wildman–Crippen MR) is 99.2 cm³/mol. The Kier molecular flexibility index (Phi) is 3.96. The summed E-state index contributed by atoms with van der Waals surface area (Å²) in [6, 6.07) is 10.7. The highest BCUT2D eigenvalue weighted by Crippen LogP contribution is 2.35. The second-order valence-electron chi connectivity index (χ2n) is 6.17. The van der Waals surface area contributed by atoms with Crippen molar-refractivity contribution >= 4 is 34.7 Å². The van der Waals surface area contributed by atoms with Gasteiger partial charge in [-0.15, -0.1) is 0 Å². The van der Waals surface area contributed by atoms with Gasteiger partial charge in [-0.2, -0.15) is 0 Å². The predicted octanol–water partition coefficient (Wildman–Crippen LogP) is 2.67. The number of nitrogens with zero attached hydrogens (tertiary/aromatic N) is 4. The van der Waals surface area contributed by atoms with Crippen LogP contribution >= 0.6 is 0 Å². The summed E-state index contributed by atoms with van der Waals surface area (Å²) in [5.74, 6) is 0.568. The molecule has 2 aromatic rings. The highest BCUT2D eigenvalue weighted by molar-refractivity contribution is 6.11. The molecule has 4 rings (SSSR count). The van der Waals surface area contributed by atoms with E-state index in [4.69, 9.17) is 5.73 Å². The van der Waals surface area contributed by atoms with E-state index in [0.29, 0.717) is 29.4 Å². The molecule has 0 radical (unpaired) electrons. The lowest BCUT2D eigenvalue weighted by molar-refractivity contribution is -0.113. The molecule has 0 unspecified atom stereocenters. The molecule has 0 aliphatic carbocycles. The van der Waals surface area contributed by atoms with Crippen molar-refractivity contribution in [1.82, 2.24) is 9.88 Å². The molecule has 0 spiro atoms. The van der Waals surface area contributed by atoms with Crippen molar-refractivity contribution in [2.75, 3.05) is 17.2 Å². The smallest absolute Gasteiger partial charge is 0.331 e. The van der Waals surface area contributed by atoms with Crippen molar-refractivity contribution < 1.29 is 9.59 Å². The molecule has 7 nitrogen and oxygen atoms in total. The fourth-order valence-corrected chi connectivity index (χ4v) is 3.14. The number of aliphatic imine (C=N–C) groups is 1. The number of ketones is 1. The maximum Gasteiger partial charge on any atom is 0.331 e. The Bertz CT molecular complexity index is 950. The van der Waals surface area contributed by atoms with E-state index in [2.05, 4.69) is 9.98 Å². The van der Waals surface area contributed by atoms with Gasteiger partial charge >= 0.3 is 6.03 Å². The maximum absolute atomic E-state index is 13.2. The number of aromatic nitrogens is 1. The minimum Gasteiger partial charge on any atom is -0.397 e. The zero-order valence-corrected chi connectivity index (χ0v) is 14.0. The van der Waals surface area contributed by atoms with Gasteiger partial charge in [-0.25, -0.2) is 14.7 Å². The number of anilines is 3. The van der Waals surface area contributed by atoms with Crippen molar-refractivity contribution in [1.29, 1.82) is 0 Å². The second kappa shape index (κ2) is 6.44. The number of urea groups is 1. The van der Waals surface area contributed by atoms with Crippen LogP contribution in [0.15, 0.2) is 59.9 Å². The van der Waals surface area contributed by atoms with Crippen molar-refractivity contribution in [2.24, 2.45) is 4.99 Å². The van der Waals surface area contributed by atoms with E-state index in [1.54, 1.807) is 23.2 Å². The summed E-state index contributed by atoms with van der Waals surface area (Å²) in [5, 5.41) is 0. The van der Waals surface area contributed by atoms with Gasteiger partial charge in [-0.3, -0.25) is 9.79 Å². The first-order valence-corrected chi connectivity index (χ1v) is 8.26. The van der Waals surface area contributed by atoms with Gasteiger partial charge < -0.3 is 10.6 Å². The first-order chi connectivity index (χ1) is 12.6. The molecule has 0 fully saturated rings.